The first-order valence-electron chi connectivity index (χ1n) is 13.5. The molecule has 1 aromatic carbocycles. The predicted molar refractivity (Wildman–Crippen MR) is 150 cm³/mol. The van der Waals surface area contributed by atoms with E-state index in [1.807, 2.05) is 40.5 Å². The molecule has 208 valence electrons. The van der Waals surface area contributed by atoms with Gasteiger partial charge in [-0.05, 0) is 73.9 Å². The van der Waals surface area contributed by atoms with E-state index in [4.69, 9.17) is 10.5 Å². The number of likely N-dealkylation sites (tertiary alicyclic amines) is 1. The highest BCUT2D eigenvalue weighted by Crippen LogP contribution is 2.39. The molecule has 39 heavy (non-hydrogen) atoms. The Hall–Kier alpha value is -3.46. The van der Waals surface area contributed by atoms with Gasteiger partial charge in [0.15, 0.2) is 0 Å². The second kappa shape index (κ2) is 10.6. The summed E-state index contributed by atoms with van der Waals surface area (Å²) in [5, 5.41) is 0.795. The standard InChI is InChI=1S/C30H37F2N5O2/c1-17-10-23(33)16-36(14-17)30(38)22-11-18(2)27(26(13-22)39-5)35(4)19(3)25-12-21-8-9-24(28(31)32)34-29(21)37(25)15-20-6-7-20/h8-9,11-13,17,20,23,28H,3,6-7,10,14-16,33H2,1-2,4-5H3/t17-,23?/m1/s1. The molecule has 2 fully saturated rings. The number of amides is 1. The van der Waals surface area contributed by atoms with Crippen molar-refractivity contribution in [3.63, 3.8) is 0 Å². The molecule has 0 radical (unpaired) electrons. The molecule has 1 saturated carbocycles. The maximum Gasteiger partial charge on any atom is 0.280 e. The van der Waals surface area contributed by atoms with Gasteiger partial charge in [0.1, 0.15) is 17.1 Å². The number of fused-ring (bicyclic) bond motifs is 1. The Labute approximate surface area is 228 Å². The van der Waals surface area contributed by atoms with E-state index in [1.165, 1.54) is 6.07 Å². The number of methoxy groups -OCH3 is 1. The number of benzene rings is 1. The van der Waals surface area contributed by atoms with Crippen LogP contribution in [0.3, 0.4) is 0 Å². The number of hydrogen-bond acceptors (Lipinski definition) is 5. The summed E-state index contributed by atoms with van der Waals surface area (Å²) in [7, 11) is 3.49. The molecule has 1 aliphatic heterocycles. The van der Waals surface area contributed by atoms with Crippen molar-refractivity contribution in [1.29, 1.82) is 0 Å². The Morgan fingerprint density at radius 3 is 2.64 bits per heavy atom. The number of rotatable bonds is 8. The van der Waals surface area contributed by atoms with E-state index in [1.54, 1.807) is 19.2 Å². The van der Waals surface area contributed by atoms with Gasteiger partial charge in [0.2, 0.25) is 0 Å². The van der Waals surface area contributed by atoms with Crippen molar-refractivity contribution in [2.45, 2.75) is 52.1 Å². The van der Waals surface area contributed by atoms with Crippen LogP contribution in [0.1, 0.15) is 59.9 Å². The Bertz CT molecular complexity index is 1400. The lowest BCUT2D eigenvalue weighted by Crippen LogP contribution is -2.48. The van der Waals surface area contributed by atoms with Crippen molar-refractivity contribution >= 4 is 28.3 Å². The summed E-state index contributed by atoms with van der Waals surface area (Å²) in [6.45, 7) is 10.4. The van der Waals surface area contributed by atoms with Crippen molar-refractivity contribution < 1.29 is 18.3 Å². The third-order valence-corrected chi connectivity index (χ3v) is 7.87. The number of aromatic nitrogens is 2. The zero-order valence-corrected chi connectivity index (χ0v) is 23.1. The zero-order chi connectivity index (χ0) is 28.0. The summed E-state index contributed by atoms with van der Waals surface area (Å²) in [5.41, 5.74) is 10.2. The van der Waals surface area contributed by atoms with Crippen LogP contribution in [0, 0.1) is 18.8 Å². The number of alkyl halides is 2. The van der Waals surface area contributed by atoms with Crippen LogP contribution in [0.15, 0.2) is 36.9 Å². The molecule has 1 saturated heterocycles. The monoisotopic (exact) mass is 537 g/mol. The van der Waals surface area contributed by atoms with E-state index >= 15 is 0 Å². The van der Waals surface area contributed by atoms with Gasteiger partial charge in [-0.25, -0.2) is 13.8 Å². The van der Waals surface area contributed by atoms with Crippen LogP contribution >= 0.6 is 0 Å². The largest absolute Gasteiger partial charge is 0.495 e. The number of piperidine rings is 1. The quantitative estimate of drug-likeness (QED) is 0.404. The van der Waals surface area contributed by atoms with Crippen LogP contribution < -0.4 is 15.4 Å². The van der Waals surface area contributed by atoms with E-state index in [-0.39, 0.29) is 17.6 Å². The van der Waals surface area contributed by atoms with Gasteiger partial charge in [0.25, 0.3) is 12.3 Å². The van der Waals surface area contributed by atoms with Gasteiger partial charge in [-0.2, -0.15) is 0 Å². The summed E-state index contributed by atoms with van der Waals surface area (Å²) in [4.78, 5) is 21.5. The molecule has 2 atom stereocenters. The van der Waals surface area contributed by atoms with E-state index in [0.29, 0.717) is 54.1 Å². The molecule has 5 rings (SSSR count). The van der Waals surface area contributed by atoms with Crippen LogP contribution in [0.2, 0.25) is 0 Å². The highest BCUT2D eigenvalue weighted by molar-refractivity contribution is 5.97. The average Bonchev–Trinajstić information content (AvgIpc) is 3.65. The summed E-state index contributed by atoms with van der Waals surface area (Å²) < 4.78 is 34.7. The third-order valence-electron chi connectivity index (χ3n) is 7.87. The van der Waals surface area contributed by atoms with E-state index in [0.717, 1.165) is 41.6 Å². The molecular weight excluding hydrogens is 500 g/mol. The molecule has 0 bridgehead atoms. The summed E-state index contributed by atoms with van der Waals surface area (Å²) in [5.74, 6) is 1.35. The molecule has 1 amide bonds. The van der Waals surface area contributed by atoms with Crippen molar-refractivity contribution in [2.24, 2.45) is 17.6 Å². The van der Waals surface area contributed by atoms with Gasteiger partial charge in [-0.3, -0.25) is 4.79 Å². The summed E-state index contributed by atoms with van der Waals surface area (Å²) >= 11 is 0. The first-order valence-corrected chi connectivity index (χ1v) is 13.5. The smallest absolute Gasteiger partial charge is 0.280 e. The highest BCUT2D eigenvalue weighted by atomic mass is 19.3. The number of aryl methyl sites for hydroxylation is 1. The lowest BCUT2D eigenvalue weighted by atomic mass is 9.95. The Balaban J connectivity index is 1.49. The number of nitrogens with two attached hydrogens (primary N) is 1. The molecule has 9 heteroatoms. The number of hydrogen-bond donors (Lipinski definition) is 1. The fourth-order valence-electron chi connectivity index (χ4n) is 5.76. The topological polar surface area (TPSA) is 76.6 Å². The third kappa shape index (κ3) is 5.37. The first kappa shape index (κ1) is 27.1. The highest BCUT2D eigenvalue weighted by Gasteiger charge is 2.29. The molecule has 2 aliphatic rings. The molecule has 3 heterocycles. The second-order valence-electron chi connectivity index (χ2n) is 11.2. The predicted octanol–water partition coefficient (Wildman–Crippen LogP) is 5.62. The first-order chi connectivity index (χ1) is 18.6. The zero-order valence-electron chi connectivity index (χ0n) is 23.1. The lowest BCUT2D eigenvalue weighted by Gasteiger charge is -2.35. The molecule has 7 nitrogen and oxygen atoms in total. The fourth-order valence-corrected chi connectivity index (χ4v) is 5.76. The number of nitrogens with zero attached hydrogens (tertiary/aromatic N) is 4. The van der Waals surface area contributed by atoms with Crippen LogP contribution in [-0.4, -0.2) is 53.6 Å². The fraction of sp³-hybridized carbons (Fsp3) is 0.467. The molecule has 3 aromatic rings. The van der Waals surface area contributed by atoms with Gasteiger partial charge >= 0.3 is 0 Å². The Kier molecular flexibility index (Phi) is 7.37. The van der Waals surface area contributed by atoms with Crippen molar-refractivity contribution in [2.75, 3.05) is 32.1 Å². The van der Waals surface area contributed by atoms with E-state index in [2.05, 4.69) is 18.5 Å². The van der Waals surface area contributed by atoms with Crippen molar-refractivity contribution in [3.8, 4) is 5.75 Å². The second-order valence-corrected chi connectivity index (χ2v) is 11.2. The number of carbonyl (C=O) groups excluding carboxylic acids is 1. The minimum absolute atomic E-state index is 0.0249. The van der Waals surface area contributed by atoms with Crippen LogP contribution in [-0.2, 0) is 6.54 Å². The maximum atomic E-state index is 13.4. The van der Waals surface area contributed by atoms with Crippen LogP contribution in [0.5, 0.6) is 5.75 Å². The Morgan fingerprint density at radius 1 is 1.26 bits per heavy atom. The molecule has 2 N–H and O–H groups in total. The van der Waals surface area contributed by atoms with Gasteiger partial charge in [-0.1, -0.05) is 13.5 Å². The van der Waals surface area contributed by atoms with Gasteiger partial charge in [0, 0.05) is 43.7 Å². The van der Waals surface area contributed by atoms with Gasteiger partial charge in [0.05, 0.1) is 24.2 Å². The number of carbonyl (C=O) groups is 1. The lowest BCUT2D eigenvalue weighted by molar-refractivity contribution is 0.0660. The Morgan fingerprint density at radius 2 is 2.00 bits per heavy atom. The molecule has 1 aliphatic carbocycles. The number of pyridine rings is 1. The minimum Gasteiger partial charge on any atom is -0.495 e. The van der Waals surface area contributed by atoms with E-state index < -0.39 is 6.43 Å². The van der Waals surface area contributed by atoms with Gasteiger partial charge < -0.3 is 24.8 Å². The summed E-state index contributed by atoms with van der Waals surface area (Å²) in [6, 6.07) is 8.66. The number of anilines is 1. The average molecular weight is 538 g/mol. The normalized spacial score (nSPS) is 19.5. The minimum atomic E-state index is -2.63. The van der Waals surface area contributed by atoms with Gasteiger partial charge in [-0.15, -0.1) is 0 Å². The maximum absolute atomic E-state index is 13.4. The van der Waals surface area contributed by atoms with Crippen LogP contribution in [0.4, 0.5) is 14.5 Å². The number of halogens is 2. The van der Waals surface area contributed by atoms with E-state index in [9.17, 15) is 13.6 Å². The number of ether oxygens (including phenoxy) is 1. The molecule has 0 spiro atoms. The molecule has 2 aromatic heterocycles. The molecule has 1 unspecified atom stereocenters. The van der Waals surface area contributed by atoms with Crippen molar-refractivity contribution in [3.05, 3.63) is 59.4 Å². The van der Waals surface area contributed by atoms with Crippen LogP contribution in [0.25, 0.3) is 16.7 Å². The summed E-state index contributed by atoms with van der Waals surface area (Å²) in [6.07, 6.45) is 0.497. The SMILES string of the molecule is C=C(c1cc2ccc(C(F)F)nc2n1CC1CC1)N(C)c1c(C)cc(C(=O)N2CC(N)C[C@@H](C)C2)cc1OC. The molecular formula is C30H37F2N5O2. The van der Waals surface area contributed by atoms with Crippen molar-refractivity contribution in [1.82, 2.24) is 14.5 Å².